The molecule has 94 valence electrons. The highest BCUT2D eigenvalue weighted by molar-refractivity contribution is 6.42. The molecule has 4 nitrogen and oxygen atoms in total. The zero-order valence-electron chi connectivity index (χ0n) is 9.84. The van der Waals surface area contributed by atoms with E-state index in [1.54, 1.807) is 32.2 Å². The third-order valence-corrected chi connectivity index (χ3v) is 3.43. The van der Waals surface area contributed by atoms with Gasteiger partial charge in [0.1, 0.15) is 0 Å². The highest BCUT2D eigenvalue weighted by atomic mass is 35.5. The normalized spacial score (nSPS) is 10.7. The second kappa shape index (κ2) is 4.63. The summed E-state index contributed by atoms with van der Waals surface area (Å²) in [6.07, 6.45) is 0. The first-order chi connectivity index (χ1) is 8.41. The highest BCUT2D eigenvalue weighted by Gasteiger charge is 2.16. The zero-order chi connectivity index (χ0) is 13.4. The largest absolute Gasteiger partial charge is 0.300 e. The third-order valence-electron chi connectivity index (χ3n) is 2.69. The Bertz CT molecular complexity index is 685. The Hall–Kier alpha value is -1.52. The van der Waals surface area contributed by atoms with Gasteiger partial charge in [-0.1, -0.05) is 29.3 Å². The van der Waals surface area contributed by atoms with Gasteiger partial charge in [0.15, 0.2) is 0 Å². The summed E-state index contributed by atoms with van der Waals surface area (Å²) in [5.41, 5.74) is 1.45. The van der Waals surface area contributed by atoms with Gasteiger partial charge in [-0.2, -0.15) is 0 Å². The van der Waals surface area contributed by atoms with Crippen LogP contribution in [0.15, 0.2) is 23.0 Å². The van der Waals surface area contributed by atoms with Gasteiger partial charge in [0.2, 0.25) is 0 Å². The number of aryl methyl sites for hydroxylation is 2. The zero-order valence-corrected chi connectivity index (χ0v) is 11.4. The molecule has 0 bridgehead atoms. The van der Waals surface area contributed by atoms with Crippen molar-refractivity contribution < 1.29 is 0 Å². The topological polar surface area (TPSA) is 61.6 Å². The Morgan fingerprint density at radius 2 is 2.00 bits per heavy atom. The Morgan fingerprint density at radius 1 is 1.33 bits per heavy atom. The van der Waals surface area contributed by atoms with Crippen molar-refractivity contribution in [2.75, 3.05) is 0 Å². The van der Waals surface area contributed by atoms with Crippen molar-refractivity contribution in [3.63, 3.8) is 0 Å². The maximum Gasteiger partial charge on any atom is 0.275 e. The SMILES string of the molecule is Cc1[nH]n(C)c(=O)c1C(=N)c1ccc(Cl)c(Cl)c1. The van der Waals surface area contributed by atoms with E-state index in [9.17, 15) is 4.79 Å². The molecule has 0 spiro atoms. The monoisotopic (exact) mass is 283 g/mol. The van der Waals surface area contributed by atoms with Crippen molar-refractivity contribution >= 4 is 28.9 Å². The minimum atomic E-state index is -0.233. The van der Waals surface area contributed by atoms with E-state index in [1.807, 2.05) is 0 Å². The van der Waals surface area contributed by atoms with Gasteiger partial charge in [0, 0.05) is 18.3 Å². The number of halogens is 2. The number of hydrogen-bond acceptors (Lipinski definition) is 2. The Morgan fingerprint density at radius 3 is 2.50 bits per heavy atom. The van der Waals surface area contributed by atoms with Crippen LogP contribution in [-0.2, 0) is 7.05 Å². The molecular formula is C12H11Cl2N3O. The van der Waals surface area contributed by atoms with E-state index in [4.69, 9.17) is 28.6 Å². The lowest BCUT2D eigenvalue weighted by molar-refractivity contribution is 0.731. The second-order valence-corrected chi connectivity index (χ2v) is 4.79. The van der Waals surface area contributed by atoms with Gasteiger partial charge in [0.05, 0.1) is 21.3 Å². The molecule has 2 N–H and O–H groups in total. The van der Waals surface area contributed by atoms with E-state index in [1.165, 1.54) is 4.68 Å². The first-order valence-electron chi connectivity index (χ1n) is 5.21. The fraction of sp³-hybridized carbons (Fsp3) is 0.167. The summed E-state index contributed by atoms with van der Waals surface area (Å²) in [5, 5.41) is 11.7. The lowest BCUT2D eigenvalue weighted by Gasteiger charge is -2.04. The number of rotatable bonds is 2. The maximum atomic E-state index is 11.9. The molecule has 0 amide bonds. The Kier molecular flexibility index (Phi) is 3.32. The van der Waals surface area contributed by atoms with Crippen molar-refractivity contribution in [3.8, 4) is 0 Å². The van der Waals surface area contributed by atoms with Gasteiger partial charge in [-0.05, 0) is 19.1 Å². The van der Waals surface area contributed by atoms with Crippen LogP contribution < -0.4 is 5.56 Å². The summed E-state index contributed by atoms with van der Waals surface area (Å²) in [6.45, 7) is 1.75. The first-order valence-corrected chi connectivity index (χ1v) is 5.97. The number of nitrogens with one attached hydrogen (secondary N) is 2. The van der Waals surface area contributed by atoms with E-state index in [2.05, 4.69) is 5.10 Å². The van der Waals surface area contributed by atoms with Crippen molar-refractivity contribution in [2.45, 2.75) is 6.92 Å². The standard InChI is InChI=1S/C12H11Cl2N3O/c1-6-10(12(18)17(2)16-6)11(15)7-3-4-8(13)9(14)5-7/h3-5,15-16H,1-2H3. The molecule has 0 saturated carbocycles. The molecule has 0 atom stereocenters. The first kappa shape index (κ1) is 12.9. The molecule has 1 aromatic carbocycles. The van der Waals surface area contributed by atoms with Crippen LogP contribution in [-0.4, -0.2) is 15.5 Å². The van der Waals surface area contributed by atoms with Crippen LogP contribution >= 0.6 is 23.2 Å². The van der Waals surface area contributed by atoms with Crippen molar-refractivity contribution in [3.05, 3.63) is 55.4 Å². The number of nitrogens with zero attached hydrogens (tertiary/aromatic N) is 1. The van der Waals surface area contributed by atoms with Crippen LogP contribution in [0, 0.1) is 12.3 Å². The van der Waals surface area contributed by atoms with Gasteiger partial charge in [-0.25, -0.2) is 0 Å². The lowest BCUT2D eigenvalue weighted by Crippen LogP contribution is -2.19. The molecular weight excluding hydrogens is 273 g/mol. The molecule has 0 aliphatic carbocycles. The molecule has 1 aromatic heterocycles. The molecule has 1 heterocycles. The molecule has 0 aliphatic heterocycles. The van der Waals surface area contributed by atoms with E-state index in [0.717, 1.165) is 0 Å². The van der Waals surface area contributed by atoms with Gasteiger partial charge >= 0.3 is 0 Å². The molecule has 2 rings (SSSR count). The number of aromatic nitrogens is 2. The minimum absolute atomic E-state index is 0.132. The molecule has 0 radical (unpaired) electrons. The lowest BCUT2D eigenvalue weighted by atomic mass is 10.0. The summed E-state index contributed by atoms with van der Waals surface area (Å²) in [7, 11) is 1.61. The highest BCUT2D eigenvalue weighted by Crippen LogP contribution is 2.23. The Balaban J connectivity index is 2.55. The van der Waals surface area contributed by atoms with Crippen molar-refractivity contribution in [2.24, 2.45) is 7.05 Å². The van der Waals surface area contributed by atoms with Crippen LogP contribution in [0.4, 0.5) is 0 Å². The smallest absolute Gasteiger partial charge is 0.275 e. The summed E-state index contributed by atoms with van der Waals surface area (Å²) in [5.74, 6) is 0. The summed E-state index contributed by atoms with van der Waals surface area (Å²) >= 11 is 11.7. The van der Waals surface area contributed by atoms with Crippen LogP contribution in [0.25, 0.3) is 0 Å². The average Bonchev–Trinajstić information content (AvgIpc) is 2.56. The van der Waals surface area contributed by atoms with E-state index in [-0.39, 0.29) is 11.3 Å². The van der Waals surface area contributed by atoms with Gasteiger partial charge in [0.25, 0.3) is 5.56 Å². The van der Waals surface area contributed by atoms with Crippen LogP contribution in [0.2, 0.25) is 10.0 Å². The number of hydrogen-bond donors (Lipinski definition) is 2. The molecule has 0 unspecified atom stereocenters. The predicted octanol–water partition coefficient (Wildman–Crippen LogP) is 2.74. The van der Waals surface area contributed by atoms with Crippen LogP contribution in [0.1, 0.15) is 16.8 Å². The van der Waals surface area contributed by atoms with Crippen LogP contribution in [0.3, 0.4) is 0 Å². The van der Waals surface area contributed by atoms with Gasteiger partial charge in [-0.15, -0.1) is 0 Å². The van der Waals surface area contributed by atoms with Crippen LogP contribution in [0.5, 0.6) is 0 Å². The molecule has 18 heavy (non-hydrogen) atoms. The minimum Gasteiger partial charge on any atom is -0.300 e. The summed E-state index contributed by atoms with van der Waals surface area (Å²) < 4.78 is 1.34. The van der Waals surface area contributed by atoms with Gasteiger partial charge in [-0.3, -0.25) is 20.0 Å². The van der Waals surface area contributed by atoms with E-state index in [0.29, 0.717) is 26.9 Å². The number of benzene rings is 1. The fourth-order valence-electron chi connectivity index (χ4n) is 1.78. The molecule has 0 aliphatic rings. The summed E-state index contributed by atoms with van der Waals surface area (Å²) in [6, 6.07) is 4.86. The number of H-pyrrole nitrogens is 1. The molecule has 0 fully saturated rings. The predicted molar refractivity (Wildman–Crippen MR) is 73.2 cm³/mol. The molecule has 2 aromatic rings. The van der Waals surface area contributed by atoms with Gasteiger partial charge < -0.3 is 0 Å². The average molecular weight is 284 g/mol. The van der Waals surface area contributed by atoms with Crippen molar-refractivity contribution in [1.82, 2.24) is 9.78 Å². The quantitative estimate of drug-likeness (QED) is 0.818. The van der Waals surface area contributed by atoms with E-state index < -0.39 is 0 Å². The molecule has 6 heteroatoms. The third kappa shape index (κ3) is 2.09. The maximum absolute atomic E-state index is 11.9. The second-order valence-electron chi connectivity index (χ2n) is 3.98. The Labute approximate surface area is 114 Å². The van der Waals surface area contributed by atoms with Crippen molar-refractivity contribution in [1.29, 1.82) is 5.41 Å². The molecule has 0 saturated heterocycles. The number of aromatic amines is 1. The summed E-state index contributed by atoms with van der Waals surface area (Å²) in [4.78, 5) is 11.9. The van der Waals surface area contributed by atoms with E-state index >= 15 is 0 Å². The fourth-order valence-corrected chi connectivity index (χ4v) is 2.07.